The summed E-state index contributed by atoms with van der Waals surface area (Å²) in [6.07, 6.45) is 16.4. The quantitative estimate of drug-likeness (QED) is 0.671. The van der Waals surface area contributed by atoms with Crippen molar-refractivity contribution >= 4 is 0 Å². The minimum atomic E-state index is 0. The van der Waals surface area contributed by atoms with Crippen LogP contribution in [0, 0.1) is 63.7 Å². The molecule has 0 aromatic rings. The van der Waals surface area contributed by atoms with Crippen LogP contribution in [0.1, 0.15) is 1.37 Å². The van der Waals surface area contributed by atoms with Crippen LogP contribution in [0.3, 0.4) is 0 Å². The average molecular weight is 244 g/mol. The van der Waals surface area contributed by atoms with Gasteiger partial charge < -0.3 is 4.90 Å². The molecule has 0 amide bonds. The molecule has 0 N–H and O–H groups in total. The number of hydrogen-bond acceptors (Lipinski definition) is 1. The Morgan fingerprint density at radius 3 is 1.87 bits per heavy atom. The monoisotopic (exact) mass is 244 g/mol. The molecular weight excluding hydrogens is 226 g/mol. The van der Waals surface area contributed by atoms with E-state index in [-0.39, 0.29) is 17.1 Å². The van der Waals surface area contributed by atoms with Crippen molar-refractivity contribution in [3.63, 3.8) is 0 Å². The van der Waals surface area contributed by atoms with Gasteiger partial charge in [0.05, 0.1) is 0 Å². The molecule has 0 unspecified atom stereocenters. The van der Waals surface area contributed by atoms with Crippen LogP contribution in [0.25, 0.3) is 0 Å². The minimum Gasteiger partial charge on any atom is -0.309 e. The molecule has 0 aliphatic heterocycles. The zero-order valence-electron chi connectivity index (χ0n) is 10.1. The van der Waals surface area contributed by atoms with E-state index in [1.54, 1.807) is 0 Å². The largest absolute Gasteiger partial charge is 2.00 e. The van der Waals surface area contributed by atoms with Gasteiger partial charge in [0.15, 0.2) is 0 Å². The Labute approximate surface area is 108 Å². The third-order valence-corrected chi connectivity index (χ3v) is 1.70. The first-order valence-corrected chi connectivity index (χ1v) is 4.72. The molecule has 15 heavy (non-hydrogen) atoms. The van der Waals surface area contributed by atoms with Gasteiger partial charge in [0, 0.05) is 7.92 Å². The van der Waals surface area contributed by atoms with Crippen LogP contribution in [-0.4, -0.2) is 25.5 Å². The second-order valence-corrected chi connectivity index (χ2v) is 3.40. The summed E-state index contributed by atoms with van der Waals surface area (Å²) < 4.78 is 7.42. The molecule has 0 bridgehead atoms. The van der Waals surface area contributed by atoms with Crippen LogP contribution in [0.4, 0.5) is 0 Å². The van der Waals surface area contributed by atoms with Crippen LogP contribution in [0.15, 0.2) is 0 Å². The van der Waals surface area contributed by atoms with Crippen molar-refractivity contribution < 1.29 is 18.4 Å². The zero-order chi connectivity index (χ0) is 11.1. The smallest absolute Gasteiger partial charge is 0.309 e. The summed E-state index contributed by atoms with van der Waals surface area (Å²) in [5, 5.41) is 0. The Morgan fingerprint density at radius 2 is 1.53 bits per heavy atom. The van der Waals surface area contributed by atoms with E-state index in [1.165, 1.54) is 0 Å². The van der Waals surface area contributed by atoms with E-state index in [4.69, 9.17) is 1.37 Å². The summed E-state index contributed by atoms with van der Waals surface area (Å²) in [5.41, 5.74) is 0. The molecule has 2 heteroatoms. The molecule has 80 valence electrons. The van der Waals surface area contributed by atoms with Crippen molar-refractivity contribution in [2.75, 3.05) is 20.6 Å². The first kappa shape index (κ1) is 13.5. The molecule has 2 aliphatic carbocycles. The van der Waals surface area contributed by atoms with E-state index in [0.717, 1.165) is 12.5 Å². The van der Waals surface area contributed by atoms with Crippen LogP contribution < -0.4 is 0 Å². The van der Waals surface area contributed by atoms with E-state index >= 15 is 0 Å². The Morgan fingerprint density at radius 1 is 1.00 bits per heavy atom. The standard InChI is InChI=1S/C8H12N.C5H5.Fe/c1-9(2)7-8-5-3-4-6-8;1-2-4-5-3-1;/h3-6H,7H2,1-2H3;1-5H;/q;;+2/i5D;;. The van der Waals surface area contributed by atoms with Crippen molar-refractivity contribution in [1.82, 2.24) is 4.90 Å². The molecule has 0 saturated heterocycles. The van der Waals surface area contributed by atoms with E-state index in [0.29, 0.717) is 6.40 Å². The Bertz CT molecular complexity index is 152. The fraction of sp³-hybridized carbons (Fsp3) is 0.231. The maximum atomic E-state index is 7.42. The third kappa shape index (κ3) is 8.30. The van der Waals surface area contributed by atoms with Crippen molar-refractivity contribution in [1.29, 1.82) is 0 Å². The third-order valence-electron chi connectivity index (χ3n) is 1.70. The fourth-order valence-corrected chi connectivity index (χ4v) is 1.13. The molecule has 2 rings (SSSR count). The summed E-state index contributed by atoms with van der Waals surface area (Å²) in [6.45, 7) is 0.867. The van der Waals surface area contributed by atoms with Crippen molar-refractivity contribution in [2.24, 2.45) is 0 Å². The maximum Gasteiger partial charge on any atom is 2.00 e. The first-order chi connectivity index (χ1) is 7.20. The zero-order valence-corrected chi connectivity index (χ0v) is 10.2. The van der Waals surface area contributed by atoms with E-state index < -0.39 is 0 Å². The van der Waals surface area contributed by atoms with Gasteiger partial charge in [-0.3, -0.25) is 0 Å². The molecule has 2 aliphatic rings. The van der Waals surface area contributed by atoms with Gasteiger partial charge in [-0.05, 0) is 77.8 Å². The second kappa shape index (κ2) is 9.69. The van der Waals surface area contributed by atoms with Gasteiger partial charge in [0.1, 0.15) is 0 Å². The van der Waals surface area contributed by atoms with Crippen LogP contribution in [0.5, 0.6) is 0 Å². The van der Waals surface area contributed by atoms with Crippen molar-refractivity contribution in [3.05, 3.63) is 63.7 Å². The molecule has 1 nitrogen and oxygen atoms in total. The van der Waals surface area contributed by atoms with Crippen LogP contribution >= 0.6 is 0 Å². The second-order valence-electron chi connectivity index (χ2n) is 3.40. The van der Waals surface area contributed by atoms with Gasteiger partial charge in [-0.25, -0.2) is 0 Å². The predicted molar refractivity (Wildman–Crippen MR) is 60.5 cm³/mol. The Kier molecular flexibility index (Phi) is 8.75. The molecule has 0 atom stereocenters. The summed E-state index contributed by atoms with van der Waals surface area (Å²) in [7, 11) is 4.01. The van der Waals surface area contributed by atoms with Crippen molar-refractivity contribution in [3.8, 4) is 0 Å². The SMILES string of the molecule is [2H][C]1[CH][CH][CH][C]1CN(C)C.[CH]1[CH][CH][CH][CH]1.[Fe+2]. The summed E-state index contributed by atoms with van der Waals surface area (Å²) >= 11 is 0. The Balaban J connectivity index is 0.000000318. The Hall–Kier alpha value is 0.479. The topological polar surface area (TPSA) is 3.24 Å². The molecular formula is C13H17FeN+2. The summed E-state index contributed by atoms with van der Waals surface area (Å²) in [5.74, 6) is 1.10. The number of nitrogens with zero attached hydrogens (tertiary/aromatic N) is 1. The normalized spacial score (nSPS) is 23.3. The van der Waals surface area contributed by atoms with Gasteiger partial charge in [-0.2, -0.15) is 0 Å². The predicted octanol–water partition coefficient (Wildman–Crippen LogP) is 1.97. The summed E-state index contributed by atoms with van der Waals surface area (Å²) in [4.78, 5) is 2.06. The van der Waals surface area contributed by atoms with Gasteiger partial charge in [0.25, 0.3) is 0 Å². The first-order valence-electron chi connectivity index (χ1n) is 5.22. The van der Waals surface area contributed by atoms with Gasteiger partial charge in [-0.1, -0.05) is 0 Å². The molecule has 0 aromatic carbocycles. The molecule has 10 radical (unpaired) electrons. The van der Waals surface area contributed by atoms with Crippen molar-refractivity contribution in [2.45, 2.75) is 0 Å². The van der Waals surface area contributed by atoms with Gasteiger partial charge in [0.2, 0.25) is 0 Å². The minimum absolute atomic E-state index is 0. The van der Waals surface area contributed by atoms with E-state index in [9.17, 15) is 0 Å². The molecule has 0 heterocycles. The number of rotatable bonds is 2. The van der Waals surface area contributed by atoms with Gasteiger partial charge >= 0.3 is 17.1 Å². The van der Waals surface area contributed by atoms with Crippen LogP contribution in [-0.2, 0) is 17.1 Å². The van der Waals surface area contributed by atoms with Crippen LogP contribution in [0.2, 0.25) is 0 Å². The molecule has 0 spiro atoms. The molecule has 2 saturated carbocycles. The van der Waals surface area contributed by atoms with E-state index in [2.05, 4.69) is 4.90 Å². The molecule has 2 fully saturated rings. The van der Waals surface area contributed by atoms with E-state index in [1.807, 2.05) is 65.5 Å². The fourth-order valence-electron chi connectivity index (χ4n) is 1.13. The average Bonchev–Trinajstić information content (AvgIpc) is 2.80. The molecule has 0 aromatic heterocycles. The maximum absolute atomic E-state index is 7.42. The summed E-state index contributed by atoms with van der Waals surface area (Å²) in [6, 6.07) is 0. The van der Waals surface area contributed by atoms with Gasteiger partial charge in [-0.15, -0.1) is 0 Å². The number of hydrogen-bond donors (Lipinski definition) is 0.